The molecule has 0 unspecified atom stereocenters. The minimum atomic E-state index is -0.00386. The number of halogens is 2. The van der Waals surface area contributed by atoms with Crippen molar-refractivity contribution in [3.8, 4) is 0 Å². The molecule has 15 heavy (non-hydrogen) atoms. The summed E-state index contributed by atoms with van der Waals surface area (Å²) in [5.41, 5.74) is 6.19. The number of oxime groups is 1. The van der Waals surface area contributed by atoms with Crippen LogP contribution in [-0.4, -0.2) is 17.7 Å². The van der Waals surface area contributed by atoms with E-state index in [2.05, 4.69) is 5.16 Å². The Bertz CT molecular complexity index is 361. The molecule has 3 N–H and O–H groups in total. The molecule has 0 amide bonds. The molecular weight excluding hydrogens is 237 g/mol. The molecule has 0 aromatic heterocycles. The van der Waals surface area contributed by atoms with Crippen LogP contribution in [0, 0.1) is 0 Å². The molecule has 0 aliphatic carbocycles. The molecule has 82 valence electrons. The SMILES string of the molecule is CCN(/C(N)=N/O)c1cc(Cl)cc(Cl)c1. The van der Waals surface area contributed by atoms with Crippen LogP contribution in [0.3, 0.4) is 0 Å². The third-order valence-electron chi connectivity index (χ3n) is 1.85. The summed E-state index contributed by atoms with van der Waals surface area (Å²) in [6.07, 6.45) is 0. The number of nitrogens with two attached hydrogens (primary N) is 1. The van der Waals surface area contributed by atoms with E-state index in [-0.39, 0.29) is 5.96 Å². The van der Waals surface area contributed by atoms with E-state index in [1.54, 1.807) is 23.1 Å². The standard InChI is InChI=1S/C9H11Cl2N3O/c1-2-14(9(12)13-15)8-4-6(10)3-7(11)5-8/h3-5,15H,2H2,1H3,(H2,12,13). The second kappa shape index (κ2) is 5.09. The first-order valence-corrected chi connectivity index (χ1v) is 5.05. The van der Waals surface area contributed by atoms with Gasteiger partial charge < -0.3 is 15.8 Å². The van der Waals surface area contributed by atoms with E-state index in [0.717, 1.165) is 0 Å². The van der Waals surface area contributed by atoms with E-state index >= 15 is 0 Å². The molecule has 4 nitrogen and oxygen atoms in total. The highest BCUT2D eigenvalue weighted by Gasteiger charge is 2.10. The molecule has 6 heteroatoms. The Morgan fingerprint density at radius 1 is 1.40 bits per heavy atom. The topological polar surface area (TPSA) is 61.8 Å². The van der Waals surface area contributed by atoms with Crippen LogP contribution in [0.15, 0.2) is 23.4 Å². The maximum atomic E-state index is 8.59. The quantitative estimate of drug-likeness (QED) is 0.366. The molecule has 0 spiro atoms. The largest absolute Gasteiger partial charge is 0.408 e. The molecule has 0 bridgehead atoms. The highest BCUT2D eigenvalue weighted by Crippen LogP contribution is 2.25. The zero-order valence-corrected chi connectivity index (χ0v) is 9.63. The van der Waals surface area contributed by atoms with Crippen molar-refractivity contribution in [2.75, 3.05) is 11.4 Å². The Balaban J connectivity index is 3.12. The molecule has 0 radical (unpaired) electrons. The Labute approximate surface area is 97.9 Å². The summed E-state index contributed by atoms with van der Waals surface area (Å²) in [5, 5.41) is 12.5. The van der Waals surface area contributed by atoms with Gasteiger partial charge in [-0.15, -0.1) is 0 Å². The second-order valence-electron chi connectivity index (χ2n) is 2.83. The number of benzene rings is 1. The van der Waals surface area contributed by atoms with Crippen molar-refractivity contribution in [1.82, 2.24) is 0 Å². The Morgan fingerprint density at radius 3 is 2.33 bits per heavy atom. The van der Waals surface area contributed by atoms with Gasteiger partial charge in [-0.25, -0.2) is 0 Å². The molecule has 0 aliphatic heterocycles. The summed E-state index contributed by atoms with van der Waals surface area (Å²) in [4.78, 5) is 1.58. The van der Waals surface area contributed by atoms with Gasteiger partial charge in [-0.05, 0) is 25.1 Å². The predicted molar refractivity (Wildman–Crippen MR) is 62.9 cm³/mol. The Hall–Kier alpha value is -1.13. The van der Waals surface area contributed by atoms with E-state index in [9.17, 15) is 0 Å². The number of rotatable bonds is 2. The van der Waals surface area contributed by atoms with Crippen molar-refractivity contribution in [3.63, 3.8) is 0 Å². The van der Waals surface area contributed by atoms with Crippen molar-refractivity contribution >= 4 is 34.8 Å². The van der Waals surface area contributed by atoms with Crippen LogP contribution >= 0.6 is 23.2 Å². The van der Waals surface area contributed by atoms with Crippen LogP contribution in [0.2, 0.25) is 10.0 Å². The smallest absolute Gasteiger partial charge is 0.237 e. The molecular formula is C9H11Cl2N3O. The minimum Gasteiger partial charge on any atom is -0.408 e. The first kappa shape index (κ1) is 11.9. The molecule has 0 atom stereocenters. The van der Waals surface area contributed by atoms with E-state index in [1.807, 2.05) is 6.92 Å². The Kier molecular flexibility index (Phi) is 4.05. The first-order valence-electron chi connectivity index (χ1n) is 4.29. The molecule has 0 saturated heterocycles. The summed E-state index contributed by atoms with van der Waals surface area (Å²) in [5.74, 6) is -0.00386. The number of hydrogen-bond acceptors (Lipinski definition) is 2. The predicted octanol–water partition coefficient (Wildman–Crippen LogP) is 2.52. The maximum absolute atomic E-state index is 8.59. The molecule has 0 heterocycles. The lowest BCUT2D eigenvalue weighted by Crippen LogP contribution is -2.37. The van der Waals surface area contributed by atoms with E-state index in [4.69, 9.17) is 34.1 Å². The van der Waals surface area contributed by atoms with Gasteiger partial charge in [0.05, 0.1) is 0 Å². The van der Waals surface area contributed by atoms with Crippen molar-refractivity contribution in [1.29, 1.82) is 0 Å². The average molecular weight is 248 g/mol. The fourth-order valence-electron chi connectivity index (χ4n) is 1.23. The summed E-state index contributed by atoms with van der Waals surface area (Å²) in [6.45, 7) is 2.42. The van der Waals surface area contributed by atoms with Crippen molar-refractivity contribution in [3.05, 3.63) is 28.2 Å². The van der Waals surface area contributed by atoms with Crippen molar-refractivity contribution < 1.29 is 5.21 Å². The Morgan fingerprint density at radius 2 is 1.93 bits per heavy atom. The highest BCUT2D eigenvalue weighted by molar-refractivity contribution is 6.35. The van der Waals surface area contributed by atoms with Crippen LogP contribution in [0.25, 0.3) is 0 Å². The zero-order valence-electron chi connectivity index (χ0n) is 8.11. The third-order valence-corrected chi connectivity index (χ3v) is 2.29. The molecule has 1 rings (SSSR count). The summed E-state index contributed by atoms with van der Waals surface area (Å²) in [6, 6.07) is 5.00. The monoisotopic (exact) mass is 247 g/mol. The van der Waals surface area contributed by atoms with Crippen LogP contribution < -0.4 is 10.6 Å². The van der Waals surface area contributed by atoms with Gasteiger partial charge in [-0.3, -0.25) is 0 Å². The molecule has 0 aliphatic rings. The maximum Gasteiger partial charge on any atom is 0.237 e. The van der Waals surface area contributed by atoms with Crippen LogP contribution in [-0.2, 0) is 0 Å². The number of nitrogens with zero attached hydrogens (tertiary/aromatic N) is 2. The lowest BCUT2D eigenvalue weighted by atomic mass is 10.3. The van der Waals surface area contributed by atoms with Crippen LogP contribution in [0.1, 0.15) is 6.92 Å². The zero-order chi connectivity index (χ0) is 11.4. The molecule has 0 saturated carbocycles. The van der Waals surface area contributed by atoms with Gasteiger partial charge in [-0.2, -0.15) is 0 Å². The first-order chi connectivity index (χ1) is 7.08. The summed E-state index contributed by atoms with van der Waals surface area (Å²) < 4.78 is 0. The summed E-state index contributed by atoms with van der Waals surface area (Å²) >= 11 is 11.7. The lowest BCUT2D eigenvalue weighted by molar-refractivity contribution is 0.317. The van der Waals surface area contributed by atoms with Gasteiger partial charge in [0.2, 0.25) is 5.96 Å². The normalized spacial score (nSPS) is 11.5. The van der Waals surface area contributed by atoms with Crippen molar-refractivity contribution in [2.24, 2.45) is 10.9 Å². The third kappa shape index (κ3) is 2.91. The fraction of sp³-hybridized carbons (Fsp3) is 0.222. The number of anilines is 1. The van der Waals surface area contributed by atoms with Gasteiger partial charge in [0.15, 0.2) is 0 Å². The summed E-state index contributed by atoms with van der Waals surface area (Å²) in [7, 11) is 0. The van der Waals surface area contributed by atoms with E-state index in [1.165, 1.54) is 0 Å². The average Bonchev–Trinajstić information content (AvgIpc) is 2.17. The second-order valence-corrected chi connectivity index (χ2v) is 3.70. The number of guanidine groups is 1. The fourth-order valence-corrected chi connectivity index (χ4v) is 1.74. The van der Waals surface area contributed by atoms with Gasteiger partial charge in [-0.1, -0.05) is 28.4 Å². The van der Waals surface area contributed by atoms with Crippen LogP contribution in [0.5, 0.6) is 0 Å². The van der Waals surface area contributed by atoms with Gasteiger partial charge in [0, 0.05) is 22.3 Å². The van der Waals surface area contributed by atoms with Crippen molar-refractivity contribution in [2.45, 2.75) is 6.92 Å². The van der Waals surface area contributed by atoms with Gasteiger partial charge in [0.25, 0.3) is 0 Å². The highest BCUT2D eigenvalue weighted by atomic mass is 35.5. The van der Waals surface area contributed by atoms with Gasteiger partial charge in [0.1, 0.15) is 0 Å². The molecule has 0 fully saturated rings. The van der Waals surface area contributed by atoms with Gasteiger partial charge >= 0.3 is 0 Å². The molecule has 1 aromatic rings. The molecule has 1 aromatic carbocycles. The number of hydrogen-bond donors (Lipinski definition) is 2. The minimum absolute atomic E-state index is 0.00386. The van der Waals surface area contributed by atoms with E-state index < -0.39 is 0 Å². The van der Waals surface area contributed by atoms with Crippen LogP contribution in [0.4, 0.5) is 5.69 Å². The van der Waals surface area contributed by atoms with E-state index in [0.29, 0.717) is 22.3 Å². The lowest BCUT2D eigenvalue weighted by Gasteiger charge is -2.21.